The first kappa shape index (κ1) is 21.0. The van der Waals surface area contributed by atoms with E-state index in [0.717, 1.165) is 37.4 Å². The Kier molecular flexibility index (Phi) is 10.5. The van der Waals surface area contributed by atoms with Gasteiger partial charge in [0.2, 0.25) is 0 Å². The maximum Gasteiger partial charge on any atom is 0.193 e. The summed E-state index contributed by atoms with van der Waals surface area (Å²) in [5.41, 5.74) is 0. The molecule has 2 rings (SSSR count). The van der Waals surface area contributed by atoms with Gasteiger partial charge in [0, 0.05) is 26.7 Å². The van der Waals surface area contributed by atoms with Crippen LogP contribution in [0.1, 0.15) is 52.4 Å². The molecular formula is C18H37IN4. The summed E-state index contributed by atoms with van der Waals surface area (Å²) in [6.07, 6.45) is 7.98. The van der Waals surface area contributed by atoms with E-state index < -0.39 is 0 Å². The lowest BCUT2D eigenvalue weighted by Gasteiger charge is -2.33. The van der Waals surface area contributed by atoms with E-state index in [1.165, 1.54) is 58.2 Å². The maximum absolute atomic E-state index is 4.46. The van der Waals surface area contributed by atoms with Gasteiger partial charge in [0.1, 0.15) is 0 Å². The first-order valence-corrected chi connectivity index (χ1v) is 9.37. The predicted molar refractivity (Wildman–Crippen MR) is 111 cm³/mol. The number of hydrogen-bond acceptors (Lipinski definition) is 2. The molecule has 0 radical (unpaired) electrons. The second kappa shape index (κ2) is 11.5. The molecule has 0 aliphatic carbocycles. The van der Waals surface area contributed by atoms with Crippen molar-refractivity contribution in [3.05, 3.63) is 0 Å². The summed E-state index contributed by atoms with van der Waals surface area (Å²) in [4.78, 5) is 9.53. The van der Waals surface area contributed by atoms with Crippen LogP contribution < -0.4 is 5.32 Å². The normalized spacial score (nSPS) is 24.4. The molecule has 4 nitrogen and oxygen atoms in total. The Balaban J connectivity index is 0.00000264. The number of unbranched alkanes of at least 4 members (excludes halogenated alkanes) is 1. The molecule has 1 atom stereocenters. The van der Waals surface area contributed by atoms with Gasteiger partial charge in [-0.15, -0.1) is 24.0 Å². The van der Waals surface area contributed by atoms with Crippen molar-refractivity contribution in [1.29, 1.82) is 0 Å². The lowest BCUT2D eigenvalue weighted by molar-refractivity contribution is 0.189. The van der Waals surface area contributed by atoms with E-state index in [1.54, 1.807) is 0 Å². The SMILES string of the molecule is CN=C(NCCCCN1CCC(C)CC1)N1CCCC(C)C1.I. The van der Waals surface area contributed by atoms with E-state index in [9.17, 15) is 0 Å². The topological polar surface area (TPSA) is 30.9 Å². The summed E-state index contributed by atoms with van der Waals surface area (Å²) in [5.74, 6) is 2.85. The fourth-order valence-corrected chi connectivity index (χ4v) is 3.66. The standard InChI is InChI=1S/C18H36N4.HI/c1-16-8-13-21(14-9-16)11-5-4-10-20-18(19-3)22-12-6-7-17(2)15-22;/h16-17H,4-15H2,1-3H3,(H,19,20);1H. The highest BCUT2D eigenvalue weighted by Crippen LogP contribution is 2.16. The van der Waals surface area contributed by atoms with Gasteiger partial charge < -0.3 is 15.1 Å². The summed E-state index contributed by atoms with van der Waals surface area (Å²) in [6.45, 7) is 12.0. The minimum Gasteiger partial charge on any atom is -0.356 e. The average Bonchev–Trinajstić information content (AvgIpc) is 2.52. The number of nitrogens with one attached hydrogen (secondary N) is 1. The molecule has 0 bridgehead atoms. The molecule has 2 fully saturated rings. The largest absolute Gasteiger partial charge is 0.356 e. The molecule has 2 saturated heterocycles. The molecule has 136 valence electrons. The maximum atomic E-state index is 4.46. The van der Waals surface area contributed by atoms with Gasteiger partial charge in [0.15, 0.2) is 5.96 Å². The van der Waals surface area contributed by atoms with E-state index in [4.69, 9.17) is 0 Å². The summed E-state index contributed by atoms with van der Waals surface area (Å²) >= 11 is 0. The Hall–Kier alpha value is -0.0400. The third kappa shape index (κ3) is 7.59. The van der Waals surface area contributed by atoms with Crippen LogP contribution in [0.2, 0.25) is 0 Å². The molecule has 2 aliphatic heterocycles. The lowest BCUT2D eigenvalue weighted by Crippen LogP contribution is -2.46. The minimum atomic E-state index is 0. The first-order chi connectivity index (χ1) is 10.7. The summed E-state index contributed by atoms with van der Waals surface area (Å²) in [5, 5.41) is 3.56. The Morgan fingerprint density at radius 2 is 1.78 bits per heavy atom. The van der Waals surface area contributed by atoms with Gasteiger partial charge in [-0.2, -0.15) is 0 Å². The highest BCUT2D eigenvalue weighted by atomic mass is 127. The Morgan fingerprint density at radius 1 is 1.04 bits per heavy atom. The van der Waals surface area contributed by atoms with Crippen LogP contribution in [0.3, 0.4) is 0 Å². The van der Waals surface area contributed by atoms with Crippen LogP contribution in [0.15, 0.2) is 4.99 Å². The molecule has 0 spiro atoms. The molecule has 2 heterocycles. The monoisotopic (exact) mass is 436 g/mol. The van der Waals surface area contributed by atoms with Crippen LogP contribution in [-0.2, 0) is 0 Å². The number of piperidine rings is 2. The molecule has 0 amide bonds. The molecule has 23 heavy (non-hydrogen) atoms. The Morgan fingerprint density at radius 3 is 2.43 bits per heavy atom. The molecule has 2 aliphatic rings. The number of hydrogen-bond donors (Lipinski definition) is 1. The molecule has 1 unspecified atom stereocenters. The fraction of sp³-hybridized carbons (Fsp3) is 0.944. The Bertz CT molecular complexity index is 340. The van der Waals surface area contributed by atoms with E-state index in [2.05, 4.69) is 34.0 Å². The smallest absolute Gasteiger partial charge is 0.193 e. The third-order valence-electron chi connectivity index (χ3n) is 5.23. The first-order valence-electron chi connectivity index (χ1n) is 9.37. The molecule has 5 heteroatoms. The third-order valence-corrected chi connectivity index (χ3v) is 5.23. The molecule has 0 aromatic rings. The van der Waals surface area contributed by atoms with Crippen molar-refractivity contribution in [3.63, 3.8) is 0 Å². The van der Waals surface area contributed by atoms with Gasteiger partial charge in [0.25, 0.3) is 0 Å². The van der Waals surface area contributed by atoms with E-state index in [0.29, 0.717) is 0 Å². The Labute approximate surface area is 160 Å². The van der Waals surface area contributed by atoms with Crippen LogP contribution in [0, 0.1) is 11.8 Å². The highest BCUT2D eigenvalue weighted by Gasteiger charge is 2.19. The number of aliphatic imine (C=N–C) groups is 1. The average molecular weight is 436 g/mol. The number of nitrogens with zero attached hydrogens (tertiary/aromatic N) is 3. The molecule has 0 saturated carbocycles. The second-order valence-corrected chi connectivity index (χ2v) is 7.40. The van der Waals surface area contributed by atoms with Gasteiger partial charge >= 0.3 is 0 Å². The molecular weight excluding hydrogens is 399 g/mol. The van der Waals surface area contributed by atoms with Crippen molar-refractivity contribution < 1.29 is 0 Å². The predicted octanol–water partition coefficient (Wildman–Crippen LogP) is 3.42. The van der Waals surface area contributed by atoms with Gasteiger partial charge in [-0.25, -0.2) is 0 Å². The van der Waals surface area contributed by atoms with E-state index in [-0.39, 0.29) is 24.0 Å². The fourth-order valence-electron chi connectivity index (χ4n) is 3.66. The zero-order valence-electron chi connectivity index (χ0n) is 15.4. The number of halogens is 1. The van der Waals surface area contributed by atoms with E-state index >= 15 is 0 Å². The summed E-state index contributed by atoms with van der Waals surface area (Å²) in [7, 11) is 1.91. The van der Waals surface area contributed by atoms with Crippen LogP contribution in [0.5, 0.6) is 0 Å². The van der Waals surface area contributed by atoms with Crippen molar-refractivity contribution in [1.82, 2.24) is 15.1 Å². The molecule has 1 N–H and O–H groups in total. The molecule has 0 aromatic carbocycles. The van der Waals surface area contributed by atoms with Crippen LogP contribution in [0.4, 0.5) is 0 Å². The van der Waals surface area contributed by atoms with Crippen molar-refractivity contribution in [2.24, 2.45) is 16.8 Å². The van der Waals surface area contributed by atoms with Gasteiger partial charge in [-0.1, -0.05) is 13.8 Å². The van der Waals surface area contributed by atoms with Crippen molar-refractivity contribution >= 4 is 29.9 Å². The number of guanidine groups is 1. The van der Waals surface area contributed by atoms with Gasteiger partial charge in [-0.05, 0) is 70.0 Å². The van der Waals surface area contributed by atoms with Crippen LogP contribution in [-0.4, -0.2) is 62.1 Å². The lowest BCUT2D eigenvalue weighted by atomic mass is 9.99. The minimum absolute atomic E-state index is 0. The van der Waals surface area contributed by atoms with Crippen molar-refractivity contribution in [3.8, 4) is 0 Å². The van der Waals surface area contributed by atoms with E-state index in [1.807, 2.05) is 7.05 Å². The quantitative estimate of drug-likeness (QED) is 0.310. The molecule has 0 aromatic heterocycles. The highest BCUT2D eigenvalue weighted by molar-refractivity contribution is 14.0. The zero-order valence-corrected chi connectivity index (χ0v) is 17.7. The van der Waals surface area contributed by atoms with Gasteiger partial charge in [-0.3, -0.25) is 4.99 Å². The second-order valence-electron chi connectivity index (χ2n) is 7.40. The van der Waals surface area contributed by atoms with Crippen LogP contribution in [0.25, 0.3) is 0 Å². The van der Waals surface area contributed by atoms with Crippen molar-refractivity contribution in [2.75, 3.05) is 46.3 Å². The number of likely N-dealkylation sites (tertiary alicyclic amines) is 2. The number of rotatable bonds is 5. The summed E-state index contributed by atoms with van der Waals surface area (Å²) in [6, 6.07) is 0. The van der Waals surface area contributed by atoms with Crippen LogP contribution >= 0.6 is 24.0 Å². The summed E-state index contributed by atoms with van der Waals surface area (Å²) < 4.78 is 0. The zero-order chi connectivity index (χ0) is 15.8. The van der Waals surface area contributed by atoms with Crippen molar-refractivity contribution in [2.45, 2.75) is 52.4 Å². The van der Waals surface area contributed by atoms with Gasteiger partial charge in [0.05, 0.1) is 0 Å².